The molecule has 0 aromatic heterocycles. The first-order valence-electron chi connectivity index (χ1n) is 6.02. The number of ketones is 1. The molecule has 0 heterocycles. The van der Waals surface area contributed by atoms with Crippen LogP contribution in [0.5, 0.6) is 0 Å². The van der Waals surface area contributed by atoms with Crippen molar-refractivity contribution in [3.8, 4) is 0 Å². The van der Waals surface area contributed by atoms with Gasteiger partial charge in [-0.3, -0.25) is 4.79 Å². The van der Waals surface area contributed by atoms with E-state index in [-0.39, 0.29) is 12.2 Å². The van der Waals surface area contributed by atoms with Gasteiger partial charge in [0.25, 0.3) is 0 Å². The maximum atomic E-state index is 13.1. The van der Waals surface area contributed by atoms with Gasteiger partial charge in [-0.1, -0.05) is 29.8 Å². The first-order valence-corrected chi connectivity index (χ1v) is 6.02. The summed E-state index contributed by atoms with van der Waals surface area (Å²) in [5, 5.41) is 0. The zero-order chi connectivity index (χ0) is 14.0. The summed E-state index contributed by atoms with van der Waals surface area (Å²) in [6.07, 6.45) is 0.0705. The van der Waals surface area contributed by atoms with Crippen molar-refractivity contribution < 1.29 is 13.6 Å². The van der Waals surface area contributed by atoms with E-state index in [1.54, 1.807) is 6.07 Å². The van der Waals surface area contributed by atoms with Crippen molar-refractivity contribution >= 4 is 5.78 Å². The summed E-state index contributed by atoms with van der Waals surface area (Å²) in [6, 6.07) is 9.10. The van der Waals surface area contributed by atoms with Crippen molar-refractivity contribution in [2.24, 2.45) is 0 Å². The van der Waals surface area contributed by atoms with Crippen LogP contribution >= 0.6 is 0 Å². The average molecular weight is 260 g/mol. The first kappa shape index (κ1) is 13.4. The van der Waals surface area contributed by atoms with Crippen LogP contribution in [0.1, 0.15) is 27.0 Å². The van der Waals surface area contributed by atoms with Crippen molar-refractivity contribution in [2.75, 3.05) is 0 Å². The Kier molecular flexibility index (Phi) is 3.74. The molecule has 0 amide bonds. The monoisotopic (exact) mass is 260 g/mol. The molecule has 0 aliphatic heterocycles. The third-order valence-corrected chi connectivity index (χ3v) is 3.03. The molecule has 0 aliphatic rings. The Hall–Kier alpha value is -2.03. The summed E-state index contributed by atoms with van der Waals surface area (Å²) < 4.78 is 25.9. The number of carbonyl (C=O) groups excluding carboxylic acids is 1. The predicted molar refractivity (Wildman–Crippen MR) is 70.3 cm³/mol. The van der Waals surface area contributed by atoms with Crippen LogP contribution in [0.25, 0.3) is 0 Å². The zero-order valence-electron chi connectivity index (χ0n) is 10.8. The lowest BCUT2D eigenvalue weighted by atomic mass is 9.98. The Bertz CT molecular complexity index is 633. The molecular formula is C16H14F2O. The summed E-state index contributed by atoms with van der Waals surface area (Å²) >= 11 is 0. The highest BCUT2D eigenvalue weighted by Gasteiger charge is 2.11. The molecule has 0 saturated heterocycles. The van der Waals surface area contributed by atoms with Crippen LogP contribution < -0.4 is 0 Å². The first-order chi connectivity index (χ1) is 8.97. The molecule has 0 saturated carbocycles. The van der Waals surface area contributed by atoms with E-state index in [2.05, 4.69) is 0 Å². The van der Waals surface area contributed by atoms with Crippen molar-refractivity contribution in [1.29, 1.82) is 0 Å². The van der Waals surface area contributed by atoms with Crippen molar-refractivity contribution in [2.45, 2.75) is 20.3 Å². The van der Waals surface area contributed by atoms with E-state index >= 15 is 0 Å². The number of hydrogen-bond acceptors (Lipinski definition) is 1. The standard InChI is InChI=1S/C16H14F2O/c1-10-3-5-13(11(2)7-10)16(19)9-12-4-6-14(17)15(18)8-12/h3-8H,9H2,1-2H3. The highest BCUT2D eigenvalue weighted by Crippen LogP contribution is 2.15. The second-order valence-electron chi connectivity index (χ2n) is 4.67. The average Bonchev–Trinajstić information content (AvgIpc) is 2.33. The van der Waals surface area contributed by atoms with E-state index in [1.165, 1.54) is 6.07 Å². The minimum absolute atomic E-state index is 0.0705. The number of rotatable bonds is 3. The van der Waals surface area contributed by atoms with Gasteiger partial charge in [-0.05, 0) is 37.1 Å². The minimum atomic E-state index is -0.925. The fourth-order valence-corrected chi connectivity index (χ4v) is 2.06. The second-order valence-corrected chi connectivity index (χ2v) is 4.67. The van der Waals surface area contributed by atoms with E-state index in [4.69, 9.17) is 0 Å². The van der Waals surface area contributed by atoms with Gasteiger partial charge in [-0.25, -0.2) is 8.78 Å². The molecule has 2 aromatic carbocycles. The van der Waals surface area contributed by atoms with Crippen molar-refractivity contribution in [1.82, 2.24) is 0 Å². The maximum absolute atomic E-state index is 13.1. The van der Waals surface area contributed by atoms with E-state index in [0.717, 1.165) is 23.3 Å². The zero-order valence-corrected chi connectivity index (χ0v) is 10.8. The molecular weight excluding hydrogens is 246 g/mol. The molecule has 0 atom stereocenters. The highest BCUT2D eigenvalue weighted by atomic mass is 19.2. The van der Waals surface area contributed by atoms with Crippen LogP contribution in [-0.4, -0.2) is 5.78 Å². The van der Waals surface area contributed by atoms with E-state index in [0.29, 0.717) is 11.1 Å². The van der Waals surface area contributed by atoms with Crippen LogP contribution in [0.2, 0.25) is 0 Å². The largest absolute Gasteiger partial charge is 0.294 e. The Labute approximate surface area is 110 Å². The molecule has 0 spiro atoms. The summed E-state index contributed by atoms with van der Waals surface area (Å²) in [6.45, 7) is 3.82. The van der Waals surface area contributed by atoms with Crippen LogP contribution in [0.3, 0.4) is 0 Å². The Balaban J connectivity index is 2.23. The molecule has 3 heteroatoms. The molecule has 0 aliphatic carbocycles. The summed E-state index contributed by atoms with van der Waals surface area (Å²) in [5.74, 6) is -1.92. The third-order valence-electron chi connectivity index (χ3n) is 3.03. The lowest BCUT2D eigenvalue weighted by Crippen LogP contribution is -2.06. The summed E-state index contributed by atoms with van der Waals surface area (Å²) in [7, 11) is 0. The quantitative estimate of drug-likeness (QED) is 0.762. The summed E-state index contributed by atoms with van der Waals surface area (Å²) in [4.78, 5) is 12.1. The second kappa shape index (κ2) is 5.31. The number of halogens is 2. The lowest BCUT2D eigenvalue weighted by molar-refractivity contribution is 0.0992. The molecule has 0 radical (unpaired) electrons. The third kappa shape index (κ3) is 3.05. The fourth-order valence-electron chi connectivity index (χ4n) is 2.06. The predicted octanol–water partition coefficient (Wildman–Crippen LogP) is 4.01. The van der Waals surface area contributed by atoms with Gasteiger partial charge >= 0.3 is 0 Å². The molecule has 0 N–H and O–H groups in total. The molecule has 1 nitrogen and oxygen atoms in total. The fraction of sp³-hybridized carbons (Fsp3) is 0.188. The van der Waals surface area contributed by atoms with Gasteiger partial charge in [0.15, 0.2) is 17.4 Å². The highest BCUT2D eigenvalue weighted by molar-refractivity contribution is 5.98. The number of Topliss-reactive ketones (excluding diaryl/α,β-unsaturated/α-hetero) is 1. The van der Waals surface area contributed by atoms with Gasteiger partial charge in [0.2, 0.25) is 0 Å². The van der Waals surface area contributed by atoms with Crippen molar-refractivity contribution in [3.05, 3.63) is 70.3 Å². The Morgan fingerprint density at radius 3 is 2.37 bits per heavy atom. The lowest BCUT2D eigenvalue weighted by Gasteiger charge is -2.06. The van der Waals surface area contributed by atoms with E-state index < -0.39 is 11.6 Å². The molecule has 98 valence electrons. The molecule has 0 bridgehead atoms. The van der Waals surface area contributed by atoms with Crippen molar-refractivity contribution in [3.63, 3.8) is 0 Å². The summed E-state index contributed by atoms with van der Waals surface area (Å²) in [5.41, 5.74) is 3.08. The van der Waals surface area contributed by atoms with Crippen LogP contribution in [0, 0.1) is 25.5 Å². The van der Waals surface area contributed by atoms with Gasteiger partial charge in [0.05, 0.1) is 0 Å². The van der Waals surface area contributed by atoms with Gasteiger partial charge in [0, 0.05) is 12.0 Å². The van der Waals surface area contributed by atoms with Gasteiger partial charge in [-0.2, -0.15) is 0 Å². The van der Waals surface area contributed by atoms with Gasteiger partial charge in [0.1, 0.15) is 0 Å². The molecule has 2 aromatic rings. The van der Waals surface area contributed by atoms with E-state index in [1.807, 2.05) is 26.0 Å². The molecule has 19 heavy (non-hydrogen) atoms. The van der Waals surface area contributed by atoms with Crippen LogP contribution in [0.15, 0.2) is 36.4 Å². The number of hydrogen-bond donors (Lipinski definition) is 0. The Morgan fingerprint density at radius 1 is 1.00 bits per heavy atom. The Morgan fingerprint density at radius 2 is 1.74 bits per heavy atom. The molecule has 0 fully saturated rings. The topological polar surface area (TPSA) is 17.1 Å². The number of benzene rings is 2. The van der Waals surface area contributed by atoms with Gasteiger partial charge in [-0.15, -0.1) is 0 Å². The van der Waals surface area contributed by atoms with E-state index in [9.17, 15) is 13.6 Å². The van der Waals surface area contributed by atoms with Crippen LogP contribution in [-0.2, 0) is 6.42 Å². The van der Waals surface area contributed by atoms with Gasteiger partial charge < -0.3 is 0 Å². The molecule has 0 unspecified atom stereocenters. The minimum Gasteiger partial charge on any atom is -0.294 e. The SMILES string of the molecule is Cc1ccc(C(=O)Cc2ccc(F)c(F)c2)c(C)c1. The smallest absolute Gasteiger partial charge is 0.167 e. The number of aryl methyl sites for hydroxylation is 2. The maximum Gasteiger partial charge on any atom is 0.167 e. The number of carbonyl (C=O) groups is 1. The molecule has 2 rings (SSSR count). The van der Waals surface area contributed by atoms with Crippen LogP contribution in [0.4, 0.5) is 8.78 Å². The normalized spacial score (nSPS) is 10.5.